The van der Waals surface area contributed by atoms with Gasteiger partial charge in [-0.05, 0) is 25.0 Å². The molecule has 19 heavy (non-hydrogen) atoms. The lowest BCUT2D eigenvalue weighted by Crippen LogP contribution is -2.53. The molecule has 1 saturated heterocycles. The zero-order valence-electron chi connectivity index (χ0n) is 11.0. The Balaban J connectivity index is 1.79. The molecule has 0 aromatic carbocycles. The van der Waals surface area contributed by atoms with Crippen molar-refractivity contribution >= 4 is 5.91 Å². The number of amides is 1. The number of morpholine rings is 1. The Bertz CT molecular complexity index is 451. The van der Waals surface area contributed by atoms with Gasteiger partial charge in [-0.15, -0.1) is 0 Å². The van der Waals surface area contributed by atoms with E-state index in [9.17, 15) is 4.79 Å². The molecule has 1 saturated carbocycles. The average molecular weight is 262 g/mol. The number of carbonyl (C=O) groups excluding carboxylic acids is 1. The number of fused-ring (bicyclic) bond motifs is 1. The van der Waals surface area contributed by atoms with E-state index in [2.05, 4.69) is 4.98 Å². The van der Waals surface area contributed by atoms with Gasteiger partial charge in [0.1, 0.15) is 6.10 Å². The molecule has 1 aromatic rings. The van der Waals surface area contributed by atoms with Crippen molar-refractivity contribution in [3.63, 3.8) is 0 Å². The van der Waals surface area contributed by atoms with E-state index in [0.717, 1.165) is 12.8 Å². The summed E-state index contributed by atoms with van der Waals surface area (Å²) in [6, 6.07) is 3.66. The molecule has 1 aromatic heterocycles. The Kier molecular flexibility index (Phi) is 3.48. The smallest absolute Gasteiger partial charge is 0.254 e. The van der Waals surface area contributed by atoms with Crippen molar-refractivity contribution in [1.29, 1.82) is 0 Å². The lowest BCUT2D eigenvalue weighted by Gasteiger charge is -2.38. The van der Waals surface area contributed by atoms with Crippen LogP contribution in [0.3, 0.4) is 0 Å². The Hall–Kier alpha value is -1.46. The second-order valence-corrected chi connectivity index (χ2v) is 4.99. The highest BCUT2D eigenvalue weighted by Crippen LogP contribution is 2.32. The molecule has 2 fully saturated rings. The second kappa shape index (κ2) is 5.27. The van der Waals surface area contributed by atoms with Crippen molar-refractivity contribution in [2.45, 2.75) is 31.1 Å². The van der Waals surface area contributed by atoms with Gasteiger partial charge in [-0.3, -0.25) is 9.78 Å². The Morgan fingerprint density at radius 1 is 1.42 bits per heavy atom. The summed E-state index contributed by atoms with van der Waals surface area (Å²) in [6.45, 7) is 1.23. The van der Waals surface area contributed by atoms with Gasteiger partial charge in [-0.2, -0.15) is 0 Å². The third kappa shape index (κ3) is 2.24. The third-order valence-corrected chi connectivity index (χ3v) is 4.03. The number of nitrogens with zero attached hydrogens (tertiary/aromatic N) is 2. The van der Waals surface area contributed by atoms with Crippen molar-refractivity contribution in [2.75, 3.05) is 20.3 Å². The molecule has 0 radical (unpaired) electrons. The van der Waals surface area contributed by atoms with E-state index in [4.69, 9.17) is 9.47 Å². The molecular weight excluding hydrogens is 244 g/mol. The monoisotopic (exact) mass is 262 g/mol. The minimum Gasteiger partial charge on any atom is -0.379 e. The van der Waals surface area contributed by atoms with Gasteiger partial charge in [0.2, 0.25) is 0 Å². The summed E-state index contributed by atoms with van der Waals surface area (Å²) >= 11 is 0. The normalized spacial score (nSPS) is 30.2. The molecule has 102 valence electrons. The predicted molar refractivity (Wildman–Crippen MR) is 68.8 cm³/mol. The summed E-state index contributed by atoms with van der Waals surface area (Å²) in [5.41, 5.74) is 0.691. The van der Waals surface area contributed by atoms with Gasteiger partial charge in [0.15, 0.2) is 0 Å². The van der Waals surface area contributed by atoms with Crippen LogP contribution in [0.2, 0.25) is 0 Å². The highest BCUT2D eigenvalue weighted by molar-refractivity contribution is 5.94. The van der Waals surface area contributed by atoms with Crippen LogP contribution in [0.25, 0.3) is 0 Å². The number of methoxy groups -OCH3 is 1. The predicted octanol–water partition coefficient (Wildman–Crippen LogP) is 1.10. The van der Waals surface area contributed by atoms with Crippen molar-refractivity contribution < 1.29 is 14.3 Å². The largest absolute Gasteiger partial charge is 0.379 e. The van der Waals surface area contributed by atoms with Crippen LogP contribution in [0.4, 0.5) is 0 Å². The van der Waals surface area contributed by atoms with E-state index in [1.807, 2.05) is 4.90 Å². The zero-order valence-corrected chi connectivity index (χ0v) is 11.0. The fourth-order valence-corrected chi connectivity index (χ4v) is 3.08. The second-order valence-electron chi connectivity index (χ2n) is 4.99. The molecule has 0 unspecified atom stereocenters. The van der Waals surface area contributed by atoms with Gasteiger partial charge < -0.3 is 14.4 Å². The van der Waals surface area contributed by atoms with E-state index in [0.29, 0.717) is 18.7 Å². The number of pyridine rings is 1. The van der Waals surface area contributed by atoms with Gasteiger partial charge in [0.05, 0.1) is 18.8 Å². The first-order valence-corrected chi connectivity index (χ1v) is 6.66. The molecule has 1 aliphatic carbocycles. The molecule has 0 spiro atoms. The maximum absolute atomic E-state index is 12.5. The van der Waals surface area contributed by atoms with Crippen LogP contribution in [0.5, 0.6) is 0 Å². The van der Waals surface area contributed by atoms with Crippen LogP contribution in [-0.4, -0.2) is 54.3 Å². The lowest BCUT2D eigenvalue weighted by molar-refractivity contribution is -0.0946. The Morgan fingerprint density at radius 2 is 2.21 bits per heavy atom. The summed E-state index contributed by atoms with van der Waals surface area (Å²) in [5, 5.41) is 0. The minimum atomic E-state index is 0.0181. The maximum Gasteiger partial charge on any atom is 0.254 e. The summed E-state index contributed by atoms with van der Waals surface area (Å²) in [4.78, 5) is 18.4. The molecule has 1 aliphatic heterocycles. The van der Waals surface area contributed by atoms with Crippen LogP contribution in [0, 0.1) is 0 Å². The number of hydrogen-bond donors (Lipinski definition) is 0. The molecule has 3 atom stereocenters. The molecule has 5 heteroatoms. The molecule has 2 aliphatic rings. The fraction of sp³-hybridized carbons (Fsp3) is 0.571. The van der Waals surface area contributed by atoms with E-state index < -0.39 is 0 Å². The summed E-state index contributed by atoms with van der Waals surface area (Å²) in [6.07, 6.45) is 5.32. The SMILES string of the molecule is CO[C@@H]1CC[C@H]2[C@H]1OCCN2C(=O)c1ccncc1. The van der Waals surface area contributed by atoms with Crippen molar-refractivity contribution in [2.24, 2.45) is 0 Å². The summed E-state index contributed by atoms with van der Waals surface area (Å²) in [5.74, 6) is 0.0671. The van der Waals surface area contributed by atoms with Gasteiger partial charge >= 0.3 is 0 Å². The first-order chi connectivity index (χ1) is 9.31. The number of aromatic nitrogens is 1. The number of carbonyl (C=O) groups is 1. The quantitative estimate of drug-likeness (QED) is 0.801. The topological polar surface area (TPSA) is 51.7 Å². The van der Waals surface area contributed by atoms with Gasteiger partial charge in [0.25, 0.3) is 5.91 Å². The Labute approximate surface area is 112 Å². The maximum atomic E-state index is 12.5. The van der Waals surface area contributed by atoms with E-state index in [-0.39, 0.29) is 24.2 Å². The van der Waals surface area contributed by atoms with Crippen molar-refractivity contribution in [1.82, 2.24) is 9.88 Å². The minimum absolute atomic E-state index is 0.0181. The van der Waals surface area contributed by atoms with Crippen molar-refractivity contribution in [3.05, 3.63) is 30.1 Å². The van der Waals surface area contributed by atoms with Crippen molar-refractivity contribution in [3.8, 4) is 0 Å². The number of rotatable bonds is 2. The van der Waals surface area contributed by atoms with Gasteiger partial charge in [0, 0.05) is 31.6 Å². The Morgan fingerprint density at radius 3 is 2.95 bits per heavy atom. The van der Waals surface area contributed by atoms with Crippen LogP contribution < -0.4 is 0 Å². The first kappa shape index (κ1) is 12.6. The standard InChI is InChI=1S/C14H18N2O3/c1-18-12-3-2-11-13(12)19-9-8-16(11)14(17)10-4-6-15-7-5-10/h4-7,11-13H,2-3,8-9H2,1H3/t11-,12+,13+/m0/s1. The van der Waals surface area contributed by atoms with Crippen LogP contribution >= 0.6 is 0 Å². The van der Waals surface area contributed by atoms with Crippen LogP contribution in [-0.2, 0) is 9.47 Å². The molecular formula is C14H18N2O3. The first-order valence-electron chi connectivity index (χ1n) is 6.66. The lowest BCUT2D eigenvalue weighted by atomic mass is 10.1. The van der Waals surface area contributed by atoms with E-state index >= 15 is 0 Å². The molecule has 0 bridgehead atoms. The van der Waals surface area contributed by atoms with Gasteiger partial charge in [-0.1, -0.05) is 0 Å². The van der Waals surface area contributed by atoms with E-state index in [1.54, 1.807) is 31.6 Å². The molecule has 2 heterocycles. The fourth-order valence-electron chi connectivity index (χ4n) is 3.08. The average Bonchev–Trinajstić information content (AvgIpc) is 2.90. The highest BCUT2D eigenvalue weighted by atomic mass is 16.5. The van der Waals surface area contributed by atoms with Crippen LogP contribution in [0.15, 0.2) is 24.5 Å². The zero-order chi connectivity index (χ0) is 13.2. The van der Waals surface area contributed by atoms with E-state index in [1.165, 1.54) is 0 Å². The third-order valence-electron chi connectivity index (χ3n) is 4.03. The number of ether oxygens (including phenoxy) is 2. The number of hydrogen-bond acceptors (Lipinski definition) is 4. The van der Waals surface area contributed by atoms with Gasteiger partial charge in [-0.25, -0.2) is 0 Å². The molecule has 3 rings (SSSR count). The summed E-state index contributed by atoms with van der Waals surface area (Å²) < 4.78 is 11.2. The summed E-state index contributed by atoms with van der Waals surface area (Å²) in [7, 11) is 1.71. The highest BCUT2D eigenvalue weighted by Gasteiger charge is 2.44. The molecule has 5 nitrogen and oxygen atoms in total. The molecule has 0 N–H and O–H groups in total. The molecule has 1 amide bonds. The van der Waals surface area contributed by atoms with Crippen LogP contribution in [0.1, 0.15) is 23.2 Å².